The third kappa shape index (κ3) is 16.9. The number of unbranched alkanes of at least 4 members (excludes halogenated alkanes) is 4. The summed E-state index contributed by atoms with van der Waals surface area (Å²) in [4.78, 5) is 76.6. The lowest BCUT2D eigenvalue weighted by molar-refractivity contribution is -0.198. The molecule has 0 unspecified atom stereocenters. The van der Waals surface area contributed by atoms with Gasteiger partial charge in [0.15, 0.2) is 70.2 Å². The maximum Gasteiger partial charge on any atom is 0.418 e. The molecule has 0 radical (unpaired) electrons. The predicted octanol–water partition coefficient (Wildman–Crippen LogP) is 6.22. The number of carbonyl (C=O) groups is 4. The van der Waals surface area contributed by atoms with E-state index in [1.165, 1.54) is 43.5 Å². The molecule has 93 heavy (non-hydrogen) atoms. The number of carbonyl (C=O) groups excluding carboxylic acids is 4. The third-order valence-electron chi connectivity index (χ3n) is 14.7. The van der Waals surface area contributed by atoms with Crippen LogP contribution in [0.25, 0.3) is 22.3 Å². The van der Waals surface area contributed by atoms with Gasteiger partial charge in [-0.15, -0.1) is 0 Å². The maximum atomic E-state index is 12.9. The highest BCUT2D eigenvalue weighted by atomic mass is 32.2. The van der Waals surface area contributed by atoms with Crippen molar-refractivity contribution in [3.8, 4) is 5.75 Å². The number of urea groups is 1. The van der Waals surface area contributed by atoms with Crippen molar-refractivity contribution in [1.82, 2.24) is 59.1 Å². The summed E-state index contributed by atoms with van der Waals surface area (Å²) in [5, 5.41) is 13.4. The first-order valence-electron chi connectivity index (χ1n) is 30.4. The van der Waals surface area contributed by atoms with E-state index in [9.17, 15) is 36.0 Å². The van der Waals surface area contributed by atoms with E-state index in [4.69, 9.17) is 38.9 Å². The standard InChI is InChI=1S/C27H36N8O7S.C22H24N6O6.C11H18N2O2S/c1-5-7-8-12-32-43(38,39)17-11-9-10-16(13-17)33-26(37)34-22-18-23(30-14-29-22)35(15-31-18)25-21-19(41-27(3,4)42-21)20(40-25)24(36)28-6-2;1-4-23-19(29)15-14-16(34-22(2,3)33-14)20(32-15)28-11-26-13-17(24-10-25-18(13)28)27-21(30)31-12-8-6-5-7-9-12;1-2-3-4-8-13-16(14,15)11-7-5-6-10(12)9-11/h9-11,13-15,19-21,25,32H,5-8,12H2,1-4H3,(H,28,36)(H2,29,30,33,34,37);5-11,14-16,20H,4H2,1-3H3,(H,23,29)(H,24,25,27,30);5-7,9,13H,2-4,8,12H2,1H3/t19-,20+,21-,25-;14-,15+,16-,20-;/m11./s1. The first-order chi connectivity index (χ1) is 44.4. The summed E-state index contributed by atoms with van der Waals surface area (Å²) in [5.74, 6) is -1.75. The molecule has 3 aromatic carbocycles. The van der Waals surface area contributed by atoms with Crippen LogP contribution in [0.15, 0.2) is 114 Å². The molecule has 4 aliphatic heterocycles. The molecule has 31 nitrogen and oxygen atoms in total. The minimum atomic E-state index is -3.73. The Labute approximate surface area is 537 Å². The molecule has 0 spiro atoms. The van der Waals surface area contributed by atoms with Crippen LogP contribution in [0.5, 0.6) is 5.75 Å². The number of hydrogen-bond acceptors (Lipinski definition) is 22. The van der Waals surface area contributed by atoms with Gasteiger partial charge in [0.25, 0.3) is 11.8 Å². The number of para-hydroxylation sites is 1. The van der Waals surface area contributed by atoms with Gasteiger partial charge in [-0.05, 0) is 103 Å². The molecule has 4 saturated heterocycles. The molecular weight excluding hydrogens is 1250 g/mol. The number of nitrogens with two attached hydrogens (primary N) is 1. The van der Waals surface area contributed by atoms with Crippen molar-refractivity contribution in [2.75, 3.05) is 47.9 Å². The summed E-state index contributed by atoms with van der Waals surface area (Å²) in [6.45, 7) is 16.6. The second kappa shape index (κ2) is 30.1. The Morgan fingerprint density at radius 2 is 1.03 bits per heavy atom. The zero-order chi connectivity index (χ0) is 66.7. The Balaban J connectivity index is 0.000000181. The summed E-state index contributed by atoms with van der Waals surface area (Å²) >= 11 is 0. The first kappa shape index (κ1) is 69.0. The molecule has 500 valence electrons. The summed E-state index contributed by atoms with van der Waals surface area (Å²) in [7, 11) is -7.12. The van der Waals surface area contributed by atoms with Crippen molar-refractivity contribution in [2.24, 2.45) is 0 Å². The van der Waals surface area contributed by atoms with Crippen LogP contribution in [-0.2, 0) is 58.1 Å². The number of sulfonamides is 2. The maximum absolute atomic E-state index is 12.9. The van der Waals surface area contributed by atoms with Crippen LogP contribution in [0.4, 0.5) is 32.6 Å². The molecule has 7 aromatic rings. The number of ether oxygens (including phenoxy) is 7. The second-order valence-corrected chi connectivity index (χ2v) is 26.2. The number of nitrogens with one attached hydrogen (secondary N) is 7. The average molecular weight is 1330 g/mol. The van der Waals surface area contributed by atoms with Crippen molar-refractivity contribution < 1.29 is 69.2 Å². The van der Waals surface area contributed by atoms with Crippen LogP contribution in [-0.4, -0.2) is 154 Å². The Hall–Kier alpha value is -8.38. The van der Waals surface area contributed by atoms with Gasteiger partial charge in [0, 0.05) is 37.6 Å². The van der Waals surface area contributed by atoms with Crippen LogP contribution in [0.2, 0.25) is 0 Å². The molecule has 33 heteroatoms. The highest BCUT2D eigenvalue weighted by molar-refractivity contribution is 7.89. The fraction of sp³-hybridized carbons (Fsp3) is 0.467. The van der Waals surface area contributed by atoms with Gasteiger partial charge in [0.2, 0.25) is 20.0 Å². The SMILES string of the molecule is CCCCCNS(=O)(=O)c1cccc(N)c1.CCCCCNS(=O)(=O)c1cccc(NC(=O)Nc2ncnc3c2ncn3[C@@H]2O[C@H](C(=O)NCC)[C@H]3OC(C)(C)O[C@H]32)c1.CCNC(=O)[C@H]1O[C@@H](n2cnc3c(NC(=O)Oc4ccccc4)ncnc32)[C@@H]2OC(C)(C)O[C@@H]21. The Kier molecular flexibility index (Phi) is 22.4. The molecule has 5 amide bonds. The number of anilines is 4. The van der Waals surface area contributed by atoms with Gasteiger partial charge in [-0.25, -0.2) is 65.8 Å². The summed E-state index contributed by atoms with van der Waals surface area (Å²) in [6.07, 6.45) is 4.64. The van der Waals surface area contributed by atoms with E-state index in [1.54, 1.807) is 91.4 Å². The van der Waals surface area contributed by atoms with Crippen molar-refractivity contribution in [1.29, 1.82) is 0 Å². The highest BCUT2D eigenvalue weighted by Gasteiger charge is 2.60. The minimum Gasteiger partial charge on any atom is -0.410 e. The molecule has 4 fully saturated rings. The summed E-state index contributed by atoms with van der Waals surface area (Å²) in [6, 6.07) is 20.2. The normalized spacial score (nSPS) is 21.7. The number of amides is 5. The molecule has 8 heterocycles. The number of imidazole rings is 2. The van der Waals surface area contributed by atoms with Gasteiger partial charge >= 0.3 is 12.1 Å². The van der Waals surface area contributed by atoms with Gasteiger partial charge in [0.05, 0.1) is 22.4 Å². The first-order valence-corrected chi connectivity index (χ1v) is 33.4. The summed E-state index contributed by atoms with van der Waals surface area (Å²) < 4.78 is 98.9. The quantitative estimate of drug-likeness (QED) is 0.0276. The number of nitrogens with zero attached hydrogens (tertiary/aromatic N) is 8. The van der Waals surface area contributed by atoms with Crippen molar-refractivity contribution >= 4 is 89.3 Å². The van der Waals surface area contributed by atoms with Crippen molar-refractivity contribution in [3.63, 3.8) is 0 Å². The smallest absolute Gasteiger partial charge is 0.410 e. The molecule has 9 N–H and O–H groups in total. The zero-order valence-corrected chi connectivity index (χ0v) is 54.2. The number of fused-ring (bicyclic) bond motifs is 4. The number of nitrogen functional groups attached to an aromatic ring is 1. The van der Waals surface area contributed by atoms with Crippen LogP contribution < -0.4 is 46.5 Å². The van der Waals surface area contributed by atoms with E-state index in [0.717, 1.165) is 38.5 Å². The lowest BCUT2D eigenvalue weighted by atomic mass is 10.1. The van der Waals surface area contributed by atoms with E-state index in [2.05, 4.69) is 72.9 Å². The van der Waals surface area contributed by atoms with Gasteiger partial charge in [-0.1, -0.05) is 69.9 Å². The fourth-order valence-corrected chi connectivity index (χ4v) is 12.8. The van der Waals surface area contributed by atoms with E-state index in [1.807, 2.05) is 26.8 Å². The average Bonchev–Trinajstić information content (AvgIpc) is 1.59. The van der Waals surface area contributed by atoms with Gasteiger partial charge < -0.3 is 54.8 Å². The van der Waals surface area contributed by atoms with E-state index < -0.39 is 92.8 Å². The predicted molar refractivity (Wildman–Crippen MR) is 339 cm³/mol. The highest BCUT2D eigenvalue weighted by Crippen LogP contribution is 2.46. The van der Waals surface area contributed by atoms with Crippen LogP contribution in [0.3, 0.4) is 0 Å². The molecular formula is C60H78N16O15S2. The largest absolute Gasteiger partial charge is 0.418 e. The lowest BCUT2D eigenvalue weighted by Crippen LogP contribution is -2.42. The molecule has 0 aliphatic carbocycles. The molecule has 0 bridgehead atoms. The molecule has 8 atom stereocenters. The van der Waals surface area contributed by atoms with Crippen LogP contribution >= 0.6 is 0 Å². The monoisotopic (exact) mass is 1330 g/mol. The Morgan fingerprint density at radius 3 is 1.52 bits per heavy atom. The molecule has 11 rings (SSSR count). The van der Waals surface area contributed by atoms with Crippen molar-refractivity contribution in [2.45, 2.75) is 164 Å². The van der Waals surface area contributed by atoms with E-state index in [-0.39, 0.29) is 44.4 Å². The fourth-order valence-electron chi connectivity index (χ4n) is 10.6. The number of hydrogen-bond donors (Lipinski definition) is 8. The number of aromatic nitrogens is 8. The lowest BCUT2D eigenvalue weighted by Gasteiger charge is -2.24. The van der Waals surface area contributed by atoms with Gasteiger partial charge in [-0.3, -0.25) is 29.4 Å². The Morgan fingerprint density at radius 1 is 0.559 bits per heavy atom. The number of benzene rings is 3. The summed E-state index contributed by atoms with van der Waals surface area (Å²) in [5.41, 5.74) is 7.58. The second-order valence-electron chi connectivity index (χ2n) is 22.6. The molecule has 4 aliphatic rings. The van der Waals surface area contributed by atoms with E-state index >= 15 is 0 Å². The Bertz CT molecular complexity index is 3990. The molecule has 0 saturated carbocycles. The van der Waals surface area contributed by atoms with Crippen LogP contribution in [0.1, 0.15) is 106 Å². The van der Waals surface area contributed by atoms with E-state index in [0.29, 0.717) is 54.4 Å². The van der Waals surface area contributed by atoms with Gasteiger partial charge in [0.1, 0.15) is 42.8 Å². The molecule has 4 aromatic heterocycles. The third-order valence-corrected chi connectivity index (χ3v) is 17.6. The van der Waals surface area contributed by atoms with Crippen molar-refractivity contribution in [3.05, 3.63) is 104 Å². The zero-order valence-electron chi connectivity index (χ0n) is 52.6. The van der Waals surface area contributed by atoms with Gasteiger partial charge in [-0.2, -0.15) is 0 Å². The topological polar surface area (TPSA) is 399 Å². The number of rotatable bonds is 22. The van der Waals surface area contributed by atoms with Crippen LogP contribution in [0, 0.1) is 0 Å². The number of likely N-dealkylation sites (N-methyl/N-ethyl adjacent to an activating group) is 2. The minimum absolute atomic E-state index is 0.0343.